The van der Waals surface area contributed by atoms with Crippen LogP contribution in [0.25, 0.3) is 0 Å². The molecule has 0 saturated heterocycles. The molecule has 20 heavy (non-hydrogen) atoms. The highest BCUT2D eigenvalue weighted by molar-refractivity contribution is 6.32. The lowest BCUT2D eigenvalue weighted by Gasteiger charge is -2.09. The first kappa shape index (κ1) is 14.4. The summed E-state index contributed by atoms with van der Waals surface area (Å²) < 4.78 is 5.11. The molecule has 1 aromatic carbocycles. The Bertz CT molecular complexity index is 577. The van der Waals surface area contributed by atoms with Crippen molar-refractivity contribution in [2.75, 3.05) is 24.3 Å². The molecule has 0 fully saturated rings. The van der Waals surface area contributed by atoms with Gasteiger partial charge in [0, 0.05) is 18.4 Å². The number of methoxy groups -OCH3 is 1. The second-order valence-corrected chi connectivity index (χ2v) is 4.57. The maximum Gasteiger partial charge on any atom is 0.229 e. The van der Waals surface area contributed by atoms with Gasteiger partial charge in [-0.1, -0.05) is 18.5 Å². The molecule has 5 nitrogen and oxygen atoms in total. The van der Waals surface area contributed by atoms with E-state index in [1.807, 2.05) is 12.1 Å². The number of rotatable bonds is 6. The van der Waals surface area contributed by atoms with Crippen LogP contribution < -0.4 is 15.4 Å². The van der Waals surface area contributed by atoms with Gasteiger partial charge in [-0.25, -0.2) is 4.98 Å². The van der Waals surface area contributed by atoms with E-state index in [9.17, 15) is 0 Å². The number of hydrogen-bond acceptors (Lipinski definition) is 5. The van der Waals surface area contributed by atoms with E-state index < -0.39 is 0 Å². The van der Waals surface area contributed by atoms with E-state index in [0.717, 1.165) is 24.5 Å². The van der Waals surface area contributed by atoms with Crippen LogP contribution in [0.3, 0.4) is 0 Å². The molecule has 0 aliphatic carbocycles. The van der Waals surface area contributed by atoms with Crippen LogP contribution >= 0.6 is 11.6 Å². The zero-order valence-corrected chi connectivity index (χ0v) is 12.2. The Kier molecular flexibility index (Phi) is 5.01. The van der Waals surface area contributed by atoms with Crippen LogP contribution in [0.1, 0.15) is 13.3 Å². The van der Waals surface area contributed by atoms with Gasteiger partial charge in [-0.15, -0.1) is 0 Å². The molecular weight excluding hydrogens is 276 g/mol. The first-order valence-electron chi connectivity index (χ1n) is 6.40. The SMILES string of the molecule is CCCNc1ccnc(Nc2ccc(OC)c(Cl)c2)n1. The highest BCUT2D eigenvalue weighted by Gasteiger charge is 2.04. The number of hydrogen-bond donors (Lipinski definition) is 2. The minimum Gasteiger partial charge on any atom is -0.495 e. The van der Waals surface area contributed by atoms with Crippen LogP contribution in [0.2, 0.25) is 5.02 Å². The van der Waals surface area contributed by atoms with Crippen molar-refractivity contribution in [3.63, 3.8) is 0 Å². The molecule has 106 valence electrons. The molecule has 6 heteroatoms. The minimum absolute atomic E-state index is 0.521. The Labute approximate surface area is 123 Å². The number of anilines is 3. The van der Waals surface area contributed by atoms with E-state index in [4.69, 9.17) is 16.3 Å². The molecule has 0 spiro atoms. The van der Waals surface area contributed by atoms with Crippen molar-refractivity contribution in [2.45, 2.75) is 13.3 Å². The van der Waals surface area contributed by atoms with Gasteiger partial charge in [0.25, 0.3) is 0 Å². The van der Waals surface area contributed by atoms with Crippen molar-refractivity contribution in [3.05, 3.63) is 35.5 Å². The lowest BCUT2D eigenvalue weighted by Crippen LogP contribution is -2.04. The molecule has 0 saturated carbocycles. The van der Waals surface area contributed by atoms with E-state index in [0.29, 0.717) is 16.7 Å². The van der Waals surface area contributed by atoms with Crippen molar-refractivity contribution in [3.8, 4) is 5.75 Å². The highest BCUT2D eigenvalue weighted by Crippen LogP contribution is 2.28. The summed E-state index contributed by atoms with van der Waals surface area (Å²) in [7, 11) is 1.58. The van der Waals surface area contributed by atoms with Crippen molar-refractivity contribution in [1.29, 1.82) is 0 Å². The third kappa shape index (κ3) is 3.74. The van der Waals surface area contributed by atoms with E-state index in [1.165, 1.54) is 0 Å². The fourth-order valence-electron chi connectivity index (χ4n) is 1.64. The molecule has 0 radical (unpaired) electrons. The number of halogens is 1. The fourth-order valence-corrected chi connectivity index (χ4v) is 1.90. The Balaban J connectivity index is 2.11. The van der Waals surface area contributed by atoms with E-state index in [2.05, 4.69) is 27.5 Å². The van der Waals surface area contributed by atoms with E-state index in [1.54, 1.807) is 25.4 Å². The monoisotopic (exact) mass is 292 g/mol. The topological polar surface area (TPSA) is 59.1 Å². The second-order valence-electron chi connectivity index (χ2n) is 4.17. The average Bonchev–Trinajstić information content (AvgIpc) is 2.46. The summed E-state index contributed by atoms with van der Waals surface area (Å²) in [4.78, 5) is 8.55. The van der Waals surface area contributed by atoms with Gasteiger partial charge in [-0.3, -0.25) is 0 Å². The highest BCUT2D eigenvalue weighted by atomic mass is 35.5. The Morgan fingerprint density at radius 3 is 2.85 bits per heavy atom. The van der Waals surface area contributed by atoms with Crippen LogP contribution in [0.4, 0.5) is 17.5 Å². The molecule has 2 rings (SSSR count). The van der Waals surface area contributed by atoms with Gasteiger partial charge < -0.3 is 15.4 Å². The summed E-state index contributed by atoms with van der Waals surface area (Å²) in [5, 5.41) is 6.86. The minimum atomic E-state index is 0.521. The number of benzene rings is 1. The molecule has 0 atom stereocenters. The van der Waals surface area contributed by atoms with Crippen LogP contribution in [-0.2, 0) is 0 Å². The predicted molar refractivity (Wildman–Crippen MR) is 82.1 cm³/mol. The first-order valence-corrected chi connectivity index (χ1v) is 6.78. The molecule has 0 bridgehead atoms. The van der Waals surface area contributed by atoms with Gasteiger partial charge in [0.15, 0.2) is 0 Å². The molecule has 0 amide bonds. The molecule has 0 aliphatic heterocycles. The molecule has 1 aromatic heterocycles. The summed E-state index contributed by atoms with van der Waals surface area (Å²) in [6.45, 7) is 2.98. The maximum absolute atomic E-state index is 6.08. The quantitative estimate of drug-likeness (QED) is 0.850. The van der Waals surface area contributed by atoms with Gasteiger partial charge in [-0.2, -0.15) is 4.98 Å². The average molecular weight is 293 g/mol. The molecular formula is C14H17ClN4O. The van der Waals surface area contributed by atoms with E-state index >= 15 is 0 Å². The van der Waals surface area contributed by atoms with Gasteiger partial charge in [0.2, 0.25) is 5.95 Å². The smallest absolute Gasteiger partial charge is 0.229 e. The summed E-state index contributed by atoms with van der Waals surface area (Å²) in [5.74, 6) is 1.95. The number of ether oxygens (including phenoxy) is 1. The largest absolute Gasteiger partial charge is 0.495 e. The zero-order valence-electron chi connectivity index (χ0n) is 11.5. The van der Waals surface area contributed by atoms with Crippen molar-refractivity contribution < 1.29 is 4.74 Å². The van der Waals surface area contributed by atoms with Crippen LogP contribution in [-0.4, -0.2) is 23.6 Å². The molecule has 0 aliphatic rings. The maximum atomic E-state index is 6.08. The lowest BCUT2D eigenvalue weighted by atomic mass is 10.3. The Morgan fingerprint density at radius 1 is 1.30 bits per heavy atom. The summed E-state index contributed by atoms with van der Waals surface area (Å²) in [6.07, 6.45) is 2.75. The van der Waals surface area contributed by atoms with Crippen LogP contribution in [0.15, 0.2) is 30.5 Å². The summed E-state index contributed by atoms with van der Waals surface area (Å²) in [5.41, 5.74) is 0.809. The van der Waals surface area contributed by atoms with Gasteiger partial charge in [0.1, 0.15) is 11.6 Å². The fraction of sp³-hybridized carbons (Fsp3) is 0.286. The standard InChI is InChI=1S/C14H17ClN4O/c1-3-7-16-13-6-8-17-14(19-13)18-10-4-5-12(20-2)11(15)9-10/h4-6,8-9H,3,7H2,1-2H3,(H2,16,17,18,19). The zero-order chi connectivity index (χ0) is 14.4. The molecule has 1 heterocycles. The normalized spacial score (nSPS) is 10.2. The van der Waals surface area contributed by atoms with Gasteiger partial charge >= 0.3 is 0 Å². The Hall–Kier alpha value is -2.01. The lowest BCUT2D eigenvalue weighted by molar-refractivity contribution is 0.415. The van der Waals surface area contributed by atoms with Crippen molar-refractivity contribution >= 4 is 29.1 Å². The van der Waals surface area contributed by atoms with Crippen LogP contribution in [0.5, 0.6) is 5.75 Å². The van der Waals surface area contributed by atoms with Crippen molar-refractivity contribution in [2.24, 2.45) is 0 Å². The number of aromatic nitrogens is 2. The van der Waals surface area contributed by atoms with Crippen LogP contribution in [0, 0.1) is 0 Å². The number of nitrogens with one attached hydrogen (secondary N) is 2. The second kappa shape index (κ2) is 6.96. The third-order valence-corrected chi connectivity index (χ3v) is 2.92. The Morgan fingerprint density at radius 2 is 2.15 bits per heavy atom. The number of nitrogens with zero attached hydrogens (tertiary/aromatic N) is 2. The summed E-state index contributed by atoms with van der Waals surface area (Å²) >= 11 is 6.08. The van der Waals surface area contributed by atoms with E-state index in [-0.39, 0.29) is 0 Å². The first-order chi connectivity index (χ1) is 9.72. The van der Waals surface area contributed by atoms with Gasteiger partial charge in [-0.05, 0) is 30.7 Å². The predicted octanol–water partition coefficient (Wildman–Crippen LogP) is 3.70. The third-order valence-electron chi connectivity index (χ3n) is 2.62. The van der Waals surface area contributed by atoms with Gasteiger partial charge in [0.05, 0.1) is 12.1 Å². The molecule has 2 N–H and O–H groups in total. The molecule has 0 unspecified atom stereocenters. The molecule has 2 aromatic rings. The van der Waals surface area contributed by atoms with Crippen molar-refractivity contribution in [1.82, 2.24) is 9.97 Å². The summed E-state index contributed by atoms with van der Waals surface area (Å²) in [6, 6.07) is 7.27.